The molecule has 9 heteroatoms. The predicted octanol–water partition coefficient (Wildman–Crippen LogP) is 3.58. The van der Waals surface area contributed by atoms with Gasteiger partial charge in [0.15, 0.2) is 5.16 Å². The number of nitrogens with one attached hydrogen (secondary N) is 1. The van der Waals surface area contributed by atoms with Gasteiger partial charge in [-0.2, -0.15) is 0 Å². The minimum atomic E-state index is -0.373. The zero-order chi connectivity index (χ0) is 22.3. The normalized spacial score (nSPS) is 13.8. The van der Waals surface area contributed by atoms with Gasteiger partial charge < -0.3 is 5.32 Å². The second-order valence-electron chi connectivity index (χ2n) is 7.56. The van der Waals surface area contributed by atoms with E-state index in [1.165, 1.54) is 28.0 Å². The van der Waals surface area contributed by atoms with E-state index < -0.39 is 0 Å². The van der Waals surface area contributed by atoms with Crippen LogP contribution in [0.25, 0.3) is 15.9 Å². The number of carbonyl (C=O) groups excluding carboxylic acids is 2. The molecule has 1 fully saturated rings. The largest absolute Gasteiger partial charge is 0.336 e. The maximum absolute atomic E-state index is 13.7. The first-order valence-electron chi connectivity index (χ1n) is 10.2. The van der Waals surface area contributed by atoms with E-state index in [0.29, 0.717) is 28.5 Å². The van der Waals surface area contributed by atoms with E-state index in [1.807, 2.05) is 45.9 Å². The monoisotopic (exact) mass is 456 g/mol. The standard InChI is InChI=1S/C22H24N4O3S2/c1-5-15-14(4)31-19-18(15)20(28)26(16-10-12(2)6-7-13(16)3)22(24-19)30-11-17(27)25-9-8-23-21(25)29/h6-7,10H,5,8-9,11H2,1-4H3,(H,23,29). The topological polar surface area (TPSA) is 84.3 Å². The van der Waals surface area contributed by atoms with Gasteiger partial charge in [0.2, 0.25) is 5.91 Å². The molecule has 1 N–H and O–H groups in total. The molecule has 2 aromatic heterocycles. The Balaban J connectivity index is 1.85. The van der Waals surface area contributed by atoms with Gasteiger partial charge in [-0.25, -0.2) is 9.78 Å². The molecule has 3 heterocycles. The van der Waals surface area contributed by atoms with Gasteiger partial charge >= 0.3 is 6.03 Å². The van der Waals surface area contributed by atoms with E-state index in [0.717, 1.165) is 33.7 Å². The summed E-state index contributed by atoms with van der Waals surface area (Å²) in [6.45, 7) is 8.81. The first-order chi connectivity index (χ1) is 14.8. The molecule has 0 spiro atoms. The summed E-state index contributed by atoms with van der Waals surface area (Å²) in [7, 11) is 0. The third kappa shape index (κ3) is 3.87. The average Bonchev–Trinajstić information content (AvgIpc) is 3.30. The second kappa shape index (κ2) is 8.47. The number of thiophene rings is 1. The summed E-state index contributed by atoms with van der Waals surface area (Å²) in [6, 6.07) is 5.58. The van der Waals surface area contributed by atoms with Gasteiger partial charge in [-0.15, -0.1) is 11.3 Å². The zero-order valence-electron chi connectivity index (χ0n) is 17.9. The third-order valence-corrected chi connectivity index (χ3v) is 7.40. The lowest BCUT2D eigenvalue weighted by Crippen LogP contribution is -2.35. The molecular formula is C22H24N4O3S2. The number of thioether (sulfide) groups is 1. The Hall–Kier alpha value is -2.65. The molecular weight excluding hydrogens is 432 g/mol. The van der Waals surface area contributed by atoms with Crippen molar-refractivity contribution in [2.45, 2.75) is 39.3 Å². The van der Waals surface area contributed by atoms with Crippen LogP contribution in [0.5, 0.6) is 0 Å². The molecule has 4 rings (SSSR count). The minimum Gasteiger partial charge on any atom is -0.336 e. The van der Waals surface area contributed by atoms with Crippen molar-refractivity contribution in [3.05, 3.63) is 50.1 Å². The molecule has 3 amide bonds. The third-order valence-electron chi connectivity index (χ3n) is 5.44. The Kier molecular flexibility index (Phi) is 5.90. The number of nitrogens with zero attached hydrogens (tertiary/aromatic N) is 3. The van der Waals surface area contributed by atoms with Crippen LogP contribution in [0.1, 0.15) is 28.5 Å². The molecule has 1 aromatic carbocycles. The van der Waals surface area contributed by atoms with Crippen LogP contribution in [0.4, 0.5) is 4.79 Å². The Labute approximate surface area is 188 Å². The highest BCUT2D eigenvalue weighted by atomic mass is 32.2. The molecule has 0 radical (unpaired) electrons. The summed E-state index contributed by atoms with van der Waals surface area (Å²) in [5.74, 6) is -0.264. The quantitative estimate of drug-likeness (QED) is 0.469. The van der Waals surface area contributed by atoms with Crippen molar-refractivity contribution in [1.82, 2.24) is 19.8 Å². The van der Waals surface area contributed by atoms with Gasteiger partial charge in [0.25, 0.3) is 5.56 Å². The maximum atomic E-state index is 13.7. The number of carbonyl (C=O) groups is 2. The van der Waals surface area contributed by atoms with Crippen molar-refractivity contribution in [3.8, 4) is 5.69 Å². The van der Waals surface area contributed by atoms with E-state index >= 15 is 0 Å². The van der Waals surface area contributed by atoms with Crippen LogP contribution in [0.2, 0.25) is 0 Å². The second-order valence-corrected chi connectivity index (χ2v) is 9.71. The van der Waals surface area contributed by atoms with Gasteiger partial charge in [-0.05, 0) is 49.9 Å². The summed E-state index contributed by atoms with van der Waals surface area (Å²) < 4.78 is 1.62. The average molecular weight is 457 g/mol. The Morgan fingerprint density at radius 2 is 2.03 bits per heavy atom. The Morgan fingerprint density at radius 3 is 2.71 bits per heavy atom. The fraction of sp³-hybridized carbons (Fsp3) is 0.364. The lowest BCUT2D eigenvalue weighted by molar-refractivity contribution is -0.124. The predicted molar refractivity (Wildman–Crippen MR) is 125 cm³/mol. The van der Waals surface area contributed by atoms with Crippen molar-refractivity contribution in [2.24, 2.45) is 0 Å². The van der Waals surface area contributed by atoms with Crippen molar-refractivity contribution in [1.29, 1.82) is 0 Å². The number of urea groups is 1. The van der Waals surface area contributed by atoms with Crippen LogP contribution in [0, 0.1) is 20.8 Å². The van der Waals surface area contributed by atoms with E-state index in [9.17, 15) is 14.4 Å². The number of aromatic nitrogens is 2. The molecule has 0 bridgehead atoms. The van der Waals surface area contributed by atoms with Crippen LogP contribution in [0.15, 0.2) is 28.2 Å². The van der Waals surface area contributed by atoms with E-state index in [1.54, 1.807) is 4.57 Å². The van der Waals surface area contributed by atoms with Crippen LogP contribution < -0.4 is 10.9 Å². The highest BCUT2D eigenvalue weighted by Gasteiger charge is 2.27. The van der Waals surface area contributed by atoms with Gasteiger partial charge in [0, 0.05) is 18.0 Å². The van der Waals surface area contributed by atoms with Gasteiger partial charge in [-0.3, -0.25) is 19.1 Å². The summed E-state index contributed by atoms with van der Waals surface area (Å²) in [5, 5.41) is 3.75. The molecule has 1 aliphatic heterocycles. The SMILES string of the molecule is CCc1c(C)sc2nc(SCC(=O)N3CCNC3=O)n(-c3cc(C)ccc3C)c(=O)c12. The molecule has 1 saturated heterocycles. The number of aryl methyl sites for hydroxylation is 4. The number of hydrogen-bond donors (Lipinski definition) is 1. The van der Waals surface area contributed by atoms with Crippen molar-refractivity contribution in [3.63, 3.8) is 0 Å². The molecule has 162 valence electrons. The first-order valence-corrected chi connectivity index (χ1v) is 12.0. The summed E-state index contributed by atoms with van der Waals surface area (Å²) in [5.41, 5.74) is 3.65. The van der Waals surface area contributed by atoms with E-state index in [-0.39, 0.29) is 23.3 Å². The van der Waals surface area contributed by atoms with Crippen molar-refractivity contribution in [2.75, 3.05) is 18.8 Å². The molecule has 1 aliphatic rings. The minimum absolute atomic E-state index is 0.0290. The molecule has 0 atom stereocenters. The van der Waals surface area contributed by atoms with Crippen LogP contribution in [-0.4, -0.2) is 45.2 Å². The molecule has 0 unspecified atom stereocenters. The van der Waals surface area contributed by atoms with Crippen molar-refractivity contribution < 1.29 is 9.59 Å². The van der Waals surface area contributed by atoms with E-state index in [4.69, 9.17) is 4.98 Å². The van der Waals surface area contributed by atoms with Crippen molar-refractivity contribution >= 4 is 45.3 Å². The number of fused-ring (bicyclic) bond motifs is 1. The fourth-order valence-corrected chi connectivity index (χ4v) is 5.84. The van der Waals surface area contributed by atoms with Crippen LogP contribution in [-0.2, 0) is 11.2 Å². The zero-order valence-corrected chi connectivity index (χ0v) is 19.6. The van der Waals surface area contributed by atoms with Gasteiger partial charge in [0.1, 0.15) is 4.83 Å². The Morgan fingerprint density at radius 1 is 1.26 bits per heavy atom. The first kappa shape index (κ1) is 21.6. The Bertz CT molecular complexity index is 1260. The van der Waals surface area contributed by atoms with Crippen LogP contribution in [0.3, 0.4) is 0 Å². The van der Waals surface area contributed by atoms with Crippen LogP contribution >= 0.6 is 23.1 Å². The summed E-state index contributed by atoms with van der Waals surface area (Å²) in [6.07, 6.45) is 0.755. The molecule has 3 aromatic rings. The molecule has 0 saturated carbocycles. The number of rotatable bonds is 5. The number of amides is 3. The number of benzene rings is 1. The van der Waals surface area contributed by atoms with Gasteiger partial charge in [-0.1, -0.05) is 30.8 Å². The molecule has 31 heavy (non-hydrogen) atoms. The number of hydrogen-bond acceptors (Lipinski definition) is 6. The summed E-state index contributed by atoms with van der Waals surface area (Å²) in [4.78, 5) is 45.9. The fourth-order valence-electron chi connectivity index (χ4n) is 3.81. The number of imide groups is 1. The maximum Gasteiger partial charge on any atom is 0.324 e. The molecule has 7 nitrogen and oxygen atoms in total. The lowest BCUT2D eigenvalue weighted by atomic mass is 10.1. The highest BCUT2D eigenvalue weighted by molar-refractivity contribution is 7.99. The lowest BCUT2D eigenvalue weighted by Gasteiger charge is -2.16. The van der Waals surface area contributed by atoms with Gasteiger partial charge in [0.05, 0.1) is 16.8 Å². The molecule has 0 aliphatic carbocycles. The summed E-state index contributed by atoms with van der Waals surface area (Å²) >= 11 is 2.70. The smallest absolute Gasteiger partial charge is 0.324 e. The highest BCUT2D eigenvalue weighted by Crippen LogP contribution is 2.31. The van der Waals surface area contributed by atoms with E-state index in [2.05, 4.69) is 5.32 Å².